The minimum absolute atomic E-state index is 0.0669. The molecule has 1 N–H and O–H groups in total. The van der Waals surface area contributed by atoms with Crippen molar-refractivity contribution >= 4 is 5.91 Å². The van der Waals surface area contributed by atoms with Crippen LogP contribution in [0.25, 0.3) is 0 Å². The zero-order valence-corrected chi connectivity index (χ0v) is 19.5. The molecule has 33 heavy (non-hydrogen) atoms. The van der Waals surface area contributed by atoms with E-state index in [1.165, 1.54) is 18.4 Å². The van der Waals surface area contributed by atoms with Crippen molar-refractivity contribution in [1.82, 2.24) is 9.80 Å². The molecule has 2 aromatic rings. The van der Waals surface area contributed by atoms with Crippen molar-refractivity contribution in [1.29, 1.82) is 0 Å². The number of carbonyl (C=O) groups is 1. The number of piperidine rings is 1. The number of fused-ring (bicyclic) bond motifs is 1. The third-order valence-electron chi connectivity index (χ3n) is 8.87. The molecular weight excluding hydrogens is 412 g/mol. The Morgan fingerprint density at radius 1 is 1.09 bits per heavy atom. The number of likely N-dealkylation sites (tertiary alicyclic amines) is 2. The summed E-state index contributed by atoms with van der Waals surface area (Å²) in [5.74, 6) is 1.74. The van der Waals surface area contributed by atoms with E-state index in [1.54, 1.807) is 7.11 Å². The highest BCUT2D eigenvalue weighted by atomic mass is 16.5. The highest BCUT2D eigenvalue weighted by Crippen LogP contribution is 2.57. The Hall–Kier alpha value is -2.37. The zero-order valence-electron chi connectivity index (χ0n) is 19.5. The highest BCUT2D eigenvalue weighted by Gasteiger charge is 2.64. The van der Waals surface area contributed by atoms with E-state index in [1.807, 2.05) is 29.2 Å². The van der Waals surface area contributed by atoms with Gasteiger partial charge in [0.2, 0.25) is 5.91 Å². The van der Waals surface area contributed by atoms with Crippen LogP contribution < -0.4 is 4.74 Å². The van der Waals surface area contributed by atoms with Gasteiger partial charge in [-0.3, -0.25) is 9.69 Å². The Labute approximate surface area is 196 Å². The van der Waals surface area contributed by atoms with Crippen molar-refractivity contribution in [3.05, 3.63) is 65.2 Å². The smallest absolute Gasteiger partial charge is 0.223 e. The lowest BCUT2D eigenvalue weighted by Gasteiger charge is -2.61. The molecule has 1 amide bonds. The van der Waals surface area contributed by atoms with Gasteiger partial charge in [-0.05, 0) is 73.4 Å². The van der Waals surface area contributed by atoms with Crippen LogP contribution in [0, 0.1) is 5.92 Å². The highest BCUT2D eigenvalue weighted by molar-refractivity contribution is 5.79. The van der Waals surface area contributed by atoms with Crippen LogP contribution in [0.2, 0.25) is 0 Å². The van der Waals surface area contributed by atoms with Gasteiger partial charge in [-0.1, -0.05) is 36.4 Å². The molecule has 2 saturated heterocycles. The molecule has 2 aliphatic heterocycles. The molecule has 2 heterocycles. The van der Waals surface area contributed by atoms with Gasteiger partial charge in [0.15, 0.2) is 0 Å². The molecular formula is C28H34N2O3. The topological polar surface area (TPSA) is 53.0 Å². The fourth-order valence-electron chi connectivity index (χ4n) is 6.87. The summed E-state index contributed by atoms with van der Waals surface area (Å²) < 4.78 is 5.58. The van der Waals surface area contributed by atoms with E-state index in [0.29, 0.717) is 25.9 Å². The number of hydrogen-bond donors (Lipinski definition) is 1. The second kappa shape index (κ2) is 7.85. The van der Waals surface area contributed by atoms with E-state index >= 15 is 0 Å². The number of rotatable bonds is 5. The lowest BCUT2D eigenvalue weighted by Crippen LogP contribution is -2.71. The standard InChI is InChI=1S/C28H34N2O3/c1-33-23-10-9-22-15-25-28(32)12-14-30(19-20-5-3-2-4-6-20)26(31)17-27(28,24(22)16-23)11-13-29(25)18-21-7-8-21/h2-6,9-10,16,21,25,32H,7-8,11-15,17-19H2,1H3. The number of carbonyl (C=O) groups excluding carboxylic acids is 1. The molecule has 174 valence electrons. The monoisotopic (exact) mass is 446 g/mol. The minimum atomic E-state index is -0.916. The first-order valence-electron chi connectivity index (χ1n) is 12.5. The predicted octanol–water partition coefficient (Wildman–Crippen LogP) is 3.53. The number of hydrogen-bond acceptors (Lipinski definition) is 4. The summed E-state index contributed by atoms with van der Waals surface area (Å²) in [5.41, 5.74) is 2.08. The summed E-state index contributed by atoms with van der Waals surface area (Å²) in [6, 6.07) is 16.6. The van der Waals surface area contributed by atoms with Crippen molar-refractivity contribution in [3.63, 3.8) is 0 Å². The summed E-state index contributed by atoms with van der Waals surface area (Å²) in [7, 11) is 1.69. The normalized spacial score (nSPS) is 31.5. The van der Waals surface area contributed by atoms with Crippen molar-refractivity contribution in [2.75, 3.05) is 26.7 Å². The Morgan fingerprint density at radius 3 is 2.67 bits per heavy atom. The number of aliphatic hydroxyl groups is 1. The SMILES string of the molecule is COc1ccc2c(c1)C13CCN(CC4CC4)C(C2)C1(O)CCN(Cc1ccccc1)C(=O)C3. The van der Waals surface area contributed by atoms with Gasteiger partial charge in [0.25, 0.3) is 0 Å². The second-order valence-corrected chi connectivity index (χ2v) is 10.7. The molecule has 3 unspecified atom stereocenters. The van der Waals surface area contributed by atoms with Gasteiger partial charge < -0.3 is 14.7 Å². The Balaban J connectivity index is 1.42. The molecule has 1 saturated carbocycles. The summed E-state index contributed by atoms with van der Waals surface area (Å²) in [5, 5.41) is 12.6. The quantitative estimate of drug-likeness (QED) is 0.764. The van der Waals surface area contributed by atoms with Crippen molar-refractivity contribution in [2.45, 2.75) is 62.1 Å². The van der Waals surface area contributed by atoms with Gasteiger partial charge in [-0.2, -0.15) is 0 Å². The van der Waals surface area contributed by atoms with E-state index in [-0.39, 0.29) is 11.9 Å². The molecule has 3 fully saturated rings. The lowest BCUT2D eigenvalue weighted by molar-refractivity contribution is -0.153. The summed E-state index contributed by atoms with van der Waals surface area (Å²) in [4.78, 5) is 18.2. The van der Waals surface area contributed by atoms with Crippen LogP contribution in [0.5, 0.6) is 5.75 Å². The van der Waals surface area contributed by atoms with Crippen LogP contribution in [0.1, 0.15) is 48.8 Å². The summed E-state index contributed by atoms with van der Waals surface area (Å²) >= 11 is 0. The summed E-state index contributed by atoms with van der Waals surface area (Å²) in [6.07, 6.45) is 5.27. The third-order valence-corrected chi connectivity index (χ3v) is 8.87. The molecule has 3 atom stereocenters. The van der Waals surface area contributed by atoms with Crippen LogP contribution in [0.3, 0.4) is 0 Å². The van der Waals surface area contributed by atoms with Crippen LogP contribution in [0.15, 0.2) is 48.5 Å². The summed E-state index contributed by atoms with van der Waals surface area (Å²) in [6.45, 7) is 3.23. The average Bonchev–Trinajstić information content (AvgIpc) is 3.65. The number of methoxy groups -OCH3 is 1. The zero-order chi connectivity index (χ0) is 22.6. The molecule has 4 aliphatic rings. The molecule has 0 radical (unpaired) electrons. The van der Waals surface area contributed by atoms with Gasteiger partial charge in [-0.25, -0.2) is 0 Å². The molecule has 2 bridgehead atoms. The number of benzene rings is 2. The lowest BCUT2D eigenvalue weighted by atomic mass is 9.52. The van der Waals surface area contributed by atoms with Crippen LogP contribution in [-0.2, 0) is 23.2 Å². The van der Waals surface area contributed by atoms with Gasteiger partial charge in [0.05, 0.1) is 12.7 Å². The maximum atomic E-state index is 13.7. The van der Waals surface area contributed by atoms with Gasteiger partial charge >= 0.3 is 0 Å². The van der Waals surface area contributed by atoms with Crippen LogP contribution in [-0.4, -0.2) is 59.2 Å². The van der Waals surface area contributed by atoms with Crippen molar-refractivity contribution in [3.8, 4) is 5.75 Å². The van der Waals surface area contributed by atoms with E-state index in [0.717, 1.165) is 48.7 Å². The number of nitrogens with zero attached hydrogens (tertiary/aromatic N) is 2. The Bertz CT molecular complexity index is 1050. The molecule has 6 rings (SSSR count). The van der Waals surface area contributed by atoms with E-state index in [9.17, 15) is 9.90 Å². The van der Waals surface area contributed by atoms with E-state index < -0.39 is 11.0 Å². The number of ether oxygens (including phenoxy) is 1. The minimum Gasteiger partial charge on any atom is -0.497 e. The largest absolute Gasteiger partial charge is 0.497 e. The third kappa shape index (κ3) is 3.39. The molecule has 0 aromatic heterocycles. The maximum Gasteiger partial charge on any atom is 0.223 e. The fraction of sp³-hybridized carbons (Fsp3) is 0.536. The Morgan fingerprint density at radius 2 is 1.91 bits per heavy atom. The molecule has 0 spiro atoms. The Kier molecular flexibility index (Phi) is 5.04. The van der Waals surface area contributed by atoms with Gasteiger partial charge in [-0.15, -0.1) is 0 Å². The van der Waals surface area contributed by atoms with Crippen molar-refractivity contribution in [2.24, 2.45) is 5.92 Å². The van der Waals surface area contributed by atoms with Crippen molar-refractivity contribution < 1.29 is 14.6 Å². The van der Waals surface area contributed by atoms with Gasteiger partial charge in [0.1, 0.15) is 5.75 Å². The molecule has 2 aliphatic carbocycles. The fourth-order valence-corrected chi connectivity index (χ4v) is 6.87. The number of amides is 1. The van der Waals surface area contributed by atoms with E-state index in [2.05, 4.69) is 29.2 Å². The first kappa shape index (κ1) is 21.2. The van der Waals surface area contributed by atoms with Gasteiger partial charge in [0, 0.05) is 37.5 Å². The first-order valence-corrected chi connectivity index (χ1v) is 12.5. The molecule has 5 heteroatoms. The van der Waals surface area contributed by atoms with Crippen LogP contribution in [0.4, 0.5) is 0 Å². The second-order valence-electron chi connectivity index (χ2n) is 10.7. The predicted molar refractivity (Wildman–Crippen MR) is 127 cm³/mol. The maximum absolute atomic E-state index is 13.7. The van der Waals surface area contributed by atoms with E-state index in [4.69, 9.17) is 4.74 Å². The van der Waals surface area contributed by atoms with Crippen LogP contribution >= 0.6 is 0 Å². The molecule has 2 aromatic carbocycles. The molecule has 5 nitrogen and oxygen atoms in total. The first-order chi connectivity index (χ1) is 16.0. The average molecular weight is 447 g/mol.